The van der Waals surface area contributed by atoms with E-state index in [4.69, 9.17) is 0 Å². The van der Waals surface area contributed by atoms with E-state index in [0.717, 1.165) is 0 Å². The van der Waals surface area contributed by atoms with Gasteiger partial charge in [-0.15, -0.1) is 0 Å². The van der Waals surface area contributed by atoms with Crippen molar-refractivity contribution in [2.75, 3.05) is 5.75 Å². The van der Waals surface area contributed by atoms with Crippen molar-refractivity contribution in [3.8, 4) is 0 Å². The van der Waals surface area contributed by atoms with Crippen LogP contribution >= 0.6 is 0 Å². The molecule has 0 aliphatic rings. The third-order valence-electron chi connectivity index (χ3n) is 1.13. The topological polar surface area (TPSA) is 68.3 Å². The molecule has 4 nitrogen and oxygen atoms in total. The molecule has 0 aromatic heterocycles. The third kappa shape index (κ3) is 3.84. The molecule has 0 N–H and O–H groups in total. The molecule has 6 heteroatoms. The summed E-state index contributed by atoms with van der Waals surface area (Å²) in [6.07, 6.45) is 0.363. The minimum Gasteiger partial charge on any atom is -0.232 e. The van der Waals surface area contributed by atoms with Crippen molar-refractivity contribution in [2.45, 2.75) is 18.6 Å². The van der Waals surface area contributed by atoms with Gasteiger partial charge in [0.15, 0.2) is 0 Å². The fourth-order valence-electron chi connectivity index (χ4n) is 0.517. The van der Waals surface area contributed by atoms with E-state index in [1.165, 1.54) is 0 Å². The Labute approximate surface area is 63.1 Å². The van der Waals surface area contributed by atoms with Crippen LogP contribution < -0.4 is 0 Å². The normalized spacial score (nSPS) is 14.3. The first-order valence-electron chi connectivity index (χ1n) is 2.83. The fraction of sp³-hybridized carbons (Fsp3) is 1.00. The quantitative estimate of drug-likeness (QED) is 0.552. The average molecular weight is 186 g/mol. The van der Waals surface area contributed by atoms with Gasteiger partial charge in [0.2, 0.25) is 0 Å². The maximum atomic E-state index is 10.2. The van der Waals surface area contributed by atoms with Gasteiger partial charge in [0.25, 0.3) is 0 Å². The highest BCUT2D eigenvalue weighted by Crippen LogP contribution is 1.95. The third-order valence-corrected chi connectivity index (χ3v) is 3.30. The van der Waals surface area contributed by atoms with Crippen molar-refractivity contribution >= 4 is 21.4 Å². The molecule has 0 fully saturated rings. The zero-order chi connectivity index (χ0) is 8.15. The van der Waals surface area contributed by atoms with E-state index in [2.05, 4.69) is 0 Å². The molecule has 1 unspecified atom stereocenters. The molecule has 0 aliphatic carbocycles. The van der Waals surface area contributed by atoms with Crippen molar-refractivity contribution in [1.29, 1.82) is 0 Å². The van der Waals surface area contributed by atoms with Gasteiger partial charge >= 0.3 is 0 Å². The van der Waals surface area contributed by atoms with Crippen LogP contribution in [0.25, 0.3) is 0 Å². The molecule has 0 amide bonds. The smallest absolute Gasteiger partial charge is 0.143 e. The molecular weight excluding hydrogens is 176 g/mol. The molecule has 0 bridgehead atoms. The Morgan fingerprint density at radius 1 is 1.20 bits per heavy atom. The first-order chi connectivity index (χ1) is 4.57. The second kappa shape index (κ2) is 4.68. The van der Waals surface area contributed by atoms with Crippen LogP contribution in [0.4, 0.5) is 0 Å². The Kier molecular flexibility index (Phi) is 4.63. The monoisotopic (exact) mass is 186 g/mol. The van der Waals surface area contributed by atoms with Crippen LogP contribution in [-0.4, -0.2) is 27.8 Å². The van der Waals surface area contributed by atoms with Crippen molar-refractivity contribution in [2.24, 2.45) is 0 Å². The van der Waals surface area contributed by atoms with Crippen molar-refractivity contribution in [3.63, 3.8) is 0 Å². The van der Waals surface area contributed by atoms with E-state index in [-0.39, 0.29) is 5.75 Å². The number of rotatable bonds is 4. The lowest BCUT2D eigenvalue weighted by molar-refractivity contribution is 0.592. The highest BCUT2D eigenvalue weighted by Gasteiger charge is 2.08. The molecule has 0 saturated heterocycles. The first kappa shape index (κ1) is 9.90. The molecule has 0 saturated carbocycles. The van der Waals surface area contributed by atoms with Crippen LogP contribution in [0.1, 0.15) is 13.3 Å². The lowest BCUT2D eigenvalue weighted by Gasteiger charge is -1.98. The summed E-state index contributed by atoms with van der Waals surface area (Å²) in [4.78, 5) is 0. The molecular formula is C4H10O4S2. The van der Waals surface area contributed by atoms with Crippen LogP contribution in [0.15, 0.2) is 0 Å². The Bertz CT molecular complexity index is 211. The van der Waals surface area contributed by atoms with Gasteiger partial charge in [0, 0.05) is 0 Å². The summed E-state index contributed by atoms with van der Waals surface area (Å²) in [5, 5.41) is -0.698. The summed E-state index contributed by atoms with van der Waals surface area (Å²) < 4.78 is 40.6. The van der Waals surface area contributed by atoms with Gasteiger partial charge < -0.3 is 0 Å². The molecule has 0 spiro atoms. The molecule has 0 radical (unpaired) electrons. The number of thiol groups is 2. The zero-order valence-corrected chi connectivity index (χ0v) is 7.31. The van der Waals surface area contributed by atoms with Gasteiger partial charge in [-0.05, 0) is 6.42 Å². The molecule has 1 atom stereocenters. The van der Waals surface area contributed by atoms with Crippen LogP contribution in [0.2, 0.25) is 0 Å². The molecule has 0 aromatic rings. The standard InChI is InChI=1S/C4H10O4S2/c1-2-4(10(7)8)3-9(5)6/h4,9-10H,2-3H2,1H3. The highest BCUT2D eigenvalue weighted by molar-refractivity contribution is 7.77. The molecule has 0 rings (SSSR count). The van der Waals surface area contributed by atoms with E-state index in [1.807, 2.05) is 0 Å². The largest absolute Gasteiger partial charge is 0.232 e. The van der Waals surface area contributed by atoms with Gasteiger partial charge in [-0.3, -0.25) is 0 Å². The highest BCUT2D eigenvalue weighted by atomic mass is 32.2. The molecule has 62 valence electrons. The summed E-state index contributed by atoms with van der Waals surface area (Å²) in [7, 11) is -5.14. The van der Waals surface area contributed by atoms with Gasteiger partial charge in [0.05, 0.1) is 11.0 Å². The maximum Gasteiger partial charge on any atom is 0.143 e. The van der Waals surface area contributed by atoms with E-state index in [9.17, 15) is 16.8 Å². The Hall–Kier alpha value is -0.100. The first-order valence-corrected chi connectivity index (χ1v) is 5.44. The lowest BCUT2D eigenvalue weighted by Crippen LogP contribution is -2.14. The predicted octanol–water partition coefficient (Wildman–Crippen LogP) is -1.01. The van der Waals surface area contributed by atoms with Gasteiger partial charge in [-0.25, -0.2) is 16.8 Å². The Morgan fingerprint density at radius 3 is 1.80 bits per heavy atom. The summed E-state index contributed by atoms with van der Waals surface area (Å²) in [5.74, 6) is -0.245. The van der Waals surface area contributed by atoms with Gasteiger partial charge in [-0.2, -0.15) is 0 Å². The zero-order valence-electron chi connectivity index (χ0n) is 5.52. The Morgan fingerprint density at radius 2 is 1.70 bits per heavy atom. The van der Waals surface area contributed by atoms with Gasteiger partial charge in [-0.1, -0.05) is 6.92 Å². The SMILES string of the molecule is CCC(C[SH](=O)=O)[SH](=O)=O. The average Bonchev–Trinajstić information content (AvgIpc) is 1.81. The van der Waals surface area contributed by atoms with Crippen molar-refractivity contribution < 1.29 is 16.8 Å². The molecule has 10 heavy (non-hydrogen) atoms. The van der Waals surface area contributed by atoms with Crippen LogP contribution in [0.3, 0.4) is 0 Å². The number of hydrogen-bond acceptors (Lipinski definition) is 4. The Balaban J connectivity index is 4.09. The minimum absolute atomic E-state index is 0.245. The van der Waals surface area contributed by atoms with Crippen molar-refractivity contribution in [3.05, 3.63) is 0 Å². The maximum absolute atomic E-state index is 10.2. The molecule has 0 aliphatic heterocycles. The summed E-state index contributed by atoms with van der Waals surface area (Å²) in [6.45, 7) is 1.65. The minimum atomic E-state index is -2.58. The summed E-state index contributed by atoms with van der Waals surface area (Å²) in [5.41, 5.74) is 0. The summed E-state index contributed by atoms with van der Waals surface area (Å²) >= 11 is 0. The molecule has 0 aromatic carbocycles. The predicted molar refractivity (Wildman–Crippen MR) is 39.6 cm³/mol. The van der Waals surface area contributed by atoms with E-state index < -0.39 is 26.7 Å². The van der Waals surface area contributed by atoms with E-state index in [1.54, 1.807) is 6.92 Å². The van der Waals surface area contributed by atoms with Gasteiger partial charge in [0.1, 0.15) is 21.4 Å². The van der Waals surface area contributed by atoms with E-state index in [0.29, 0.717) is 6.42 Å². The van der Waals surface area contributed by atoms with Crippen LogP contribution in [0.5, 0.6) is 0 Å². The summed E-state index contributed by atoms with van der Waals surface area (Å²) in [6, 6.07) is 0. The van der Waals surface area contributed by atoms with Crippen molar-refractivity contribution in [1.82, 2.24) is 0 Å². The fourth-order valence-corrected chi connectivity index (χ4v) is 2.35. The molecule has 0 heterocycles. The lowest BCUT2D eigenvalue weighted by atomic mass is 10.4. The number of hydrogen-bond donors (Lipinski definition) is 2. The second-order valence-electron chi connectivity index (χ2n) is 1.86. The second-order valence-corrected chi connectivity index (χ2v) is 4.19. The van der Waals surface area contributed by atoms with Crippen LogP contribution in [0, 0.1) is 0 Å². The van der Waals surface area contributed by atoms with Crippen LogP contribution in [-0.2, 0) is 21.4 Å². The van der Waals surface area contributed by atoms with E-state index >= 15 is 0 Å².